The van der Waals surface area contributed by atoms with Crippen molar-refractivity contribution >= 4 is 34.0 Å². The van der Waals surface area contributed by atoms with Crippen LogP contribution in [0.2, 0.25) is 0 Å². The molecule has 8 nitrogen and oxygen atoms in total. The van der Waals surface area contributed by atoms with Gasteiger partial charge in [0.05, 0.1) is 17.4 Å². The summed E-state index contributed by atoms with van der Waals surface area (Å²) in [6.45, 7) is 7.23. The molecule has 3 heterocycles. The van der Waals surface area contributed by atoms with Crippen LogP contribution >= 0.6 is 0 Å². The van der Waals surface area contributed by atoms with Crippen molar-refractivity contribution in [1.29, 1.82) is 0 Å². The van der Waals surface area contributed by atoms with Crippen LogP contribution in [0.5, 0.6) is 0 Å². The van der Waals surface area contributed by atoms with E-state index in [4.69, 9.17) is 0 Å². The molecule has 3 N–H and O–H groups in total. The summed E-state index contributed by atoms with van der Waals surface area (Å²) in [6, 6.07) is 16.4. The van der Waals surface area contributed by atoms with Gasteiger partial charge < -0.3 is 16.0 Å². The lowest BCUT2D eigenvalue weighted by Gasteiger charge is -2.27. The second-order valence-corrected chi connectivity index (χ2v) is 7.97. The Labute approximate surface area is 187 Å². The van der Waals surface area contributed by atoms with Crippen LogP contribution in [0.1, 0.15) is 11.1 Å². The van der Waals surface area contributed by atoms with Crippen LogP contribution in [0.4, 0.5) is 23.1 Å². The molecular formula is C24H26N8. The molecule has 1 saturated heterocycles. The molecule has 0 atom stereocenters. The molecule has 162 valence electrons. The number of hydrogen-bond acceptors (Lipinski definition) is 8. The monoisotopic (exact) mass is 426 g/mol. The molecule has 1 aliphatic heterocycles. The van der Waals surface area contributed by atoms with Gasteiger partial charge in [0.15, 0.2) is 0 Å². The van der Waals surface area contributed by atoms with Gasteiger partial charge in [0.2, 0.25) is 5.95 Å². The Morgan fingerprint density at radius 1 is 1.03 bits per heavy atom. The highest BCUT2D eigenvalue weighted by Gasteiger charge is 2.11. The molecule has 1 fully saturated rings. The molecule has 0 radical (unpaired) electrons. The zero-order valence-electron chi connectivity index (χ0n) is 18.0. The topological polar surface area (TPSA) is 90.9 Å². The number of rotatable bonds is 6. The number of aromatic nitrogens is 4. The minimum Gasteiger partial charge on any atom is -0.338 e. The number of nitrogens with zero attached hydrogens (tertiary/aromatic N) is 5. The van der Waals surface area contributed by atoms with Crippen molar-refractivity contribution in [3.63, 3.8) is 0 Å². The maximum atomic E-state index is 4.64. The lowest BCUT2D eigenvalue weighted by Crippen LogP contribution is -2.42. The summed E-state index contributed by atoms with van der Waals surface area (Å²) in [5, 5.41) is 19.5. The second kappa shape index (κ2) is 9.25. The van der Waals surface area contributed by atoms with Crippen molar-refractivity contribution in [3.05, 3.63) is 72.1 Å². The number of piperazine rings is 1. The number of anilines is 4. The smallest absolute Gasteiger partial charge is 0.229 e. The Morgan fingerprint density at radius 3 is 2.81 bits per heavy atom. The van der Waals surface area contributed by atoms with Gasteiger partial charge in [0, 0.05) is 50.0 Å². The summed E-state index contributed by atoms with van der Waals surface area (Å²) >= 11 is 0. The zero-order chi connectivity index (χ0) is 21.8. The van der Waals surface area contributed by atoms with Gasteiger partial charge in [-0.1, -0.05) is 30.3 Å². The highest BCUT2D eigenvalue weighted by atomic mass is 15.2. The van der Waals surface area contributed by atoms with E-state index in [2.05, 4.69) is 59.2 Å². The van der Waals surface area contributed by atoms with E-state index in [1.807, 2.05) is 37.3 Å². The average Bonchev–Trinajstić information content (AvgIpc) is 2.81. The van der Waals surface area contributed by atoms with Crippen LogP contribution in [0.25, 0.3) is 10.9 Å². The normalized spacial score (nSPS) is 14.4. The lowest BCUT2D eigenvalue weighted by molar-refractivity contribution is 0.233. The van der Waals surface area contributed by atoms with E-state index in [1.165, 1.54) is 5.56 Å². The first-order chi connectivity index (χ1) is 15.7. The maximum absolute atomic E-state index is 4.64. The molecule has 32 heavy (non-hydrogen) atoms. The Kier molecular flexibility index (Phi) is 5.87. The van der Waals surface area contributed by atoms with E-state index in [0.29, 0.717) is 11.8 Å². The Morgan fingerprint density at radius 2 is 1.91 bits per heavy atom. The van der Waals surface area contributed by atoms with Crippen LogP contribution in [0, 0.1) is 6.92 Å². The molecule has 0 bridgehead atoms. The molecule has 0 spiro atoms. The van der Waals surface area contributed by atoms with Gasteiger partial charge in [-0.3, -0.25) is 4.90 Å². The molecule has 1 aliphatic rings. The summed E-state index contributed by atoms with van der Waals surface area (Å²) in [5.41, 5.74) is 5.08. The number of hydrogen-bond donors (Lipinski definition) is 3. The molecule has 8 heteroatoms. The molecule has 2 aromatic heterocycles. The predicted octanol–water partition coefficient (Wildman–Crippen LogP) is 3.62. The SMILES string of the molecule is Cc1cccc2c(Nc3ccnc(Nc4cccc(CN5CCNCC5)c4)n3)cnnc12. The minimum absolute atomic E-state index is 0.539. The third-order valence-corrected chi connectivity index (χ3v) is 5.59. The van der Waals surface area contributed by atoms with Crippen LogP contribution in [-0.4, -0.2) is 51.2 Å². The van der Waals surface area contributed by atoms with Crippen molar-refractivity contribution in [2.75, 3.05) is 36.8 Å². The van der Waals surface area contributed by atoms with E-state index >= 15 is 0 Å². The number of nitrogens with one attached hydrogen (secondary N) is 3. The van der Waals surface area contributed by atoms with Crippen LogP contribution in [0.15, 0.2) is 60.9 Å². The standard InChI is InChI=1S/C24H26N8/c1-17-4-2-7-20-21(15-27-31-23(17)20)29-22-8-9-26-24(30-22)28-19-6-3-5-18(14-19)16-32-12-10-25-11-13-32/h2-9,14-15,25H,10-13,16H2,1H3,(H2,26,28,29,30,31). The van der Waals surface area contributed by atoms with Gasteiger partial charge >= 0.3 is 0 Å². The van der Waals surface area contributed by atoms with Crippen LogP contribution < -0.4 is 16.0 Å². The van der Waals surface area contributed by atoms with Crippen molar-refractivity contribution < 1.29 is 0 Å². The molecule has 4 aromatic rings. The van der Waals surface area contributed by atoms with Crippen LogP contribution in [-0.2, 0) is 6.54 Å². The van der Waals surface area contributed by atoms with E-state index < -0.39 is 0 Å². The van der Waals surface area contributed by atoms with E-state index in [0.717, 1.165) is 60.6 Å². The largest absolute Gasteiger partial charge is 0.338 e. The quantitative estimate of drug-likeness (QED) is 0.431. The predicted molar refractivity (Wildman–Crippen MR) is 127 cm³/mol. The number of fused-ring (bicyclic) bond motifs is 1. The first-order valence-corrected chi connectivity index (χ1v) is 10.8. The molecular weight excluding hydrogens is 400 g/mol. The minimum atomic E-state index is 0.539. The Balaban J connectivity index is 1.32. The van der Waals surface area contributed by atoms with Gasteiger partial charge in [-0.25, -0.2) is 4.98 Å². The molecule has 5 rings (SSSR count). The highest BCUT2D eigenvalue weighted by Crippen LogP contribution is 2.25. The van der Waals surface area contributed by atoms with Crippen molar-refractivity contribution in [2.24, 2.45) is 0 Å². The fourth-order valence-electron chi connectivity index (χ4n) is 3.95. The van der Waals surface area contributed by atoms with Gasteiger partial charge in [0.1, 0.15) is 5.82 Å². The second-order valence-electron chi connectivity index (χ2n) is 7.97. The zero-order valence-corrected chi connectivity index (χ0v) is 18.0. The van der Waals surface area contributed by atoms with E-state index in [9.17, 15) is 0 Å². The van der Waals surface area contributed by atoms with Gasteiger partial charge in [-0.05, 0) is 36.2 Å². The van der Waals surface area contributed by atoms with Crippen molar-refractivity contribution in [3.8, 4) is 0 Å². The summed E-state index contributed by atoms with van der Waals surface area (Å²) < 4.78 is 0. The molecule has 0 unspecified atom stereocenters. The molecule has 2 aromatic carbocycles. The first kappa shape index (κ1) is 20.3. The summed E-state index contributed by atoms with van der Waals surface area (Å²) in [7, 11) is 0. The van der Waals surface area contributed by atoms with Crippen molar-refractivity contribution in [1.82, 2.24) is 30.4 Å². The number of benzene rings is 2. The first-order valence-electron chi connectivity index (χ1n) is 10.8. The molecule has 0 amide bonds. The summed E-state index contributed by atoms with van der Waals surface area (Å²) in [6.07, 6.45) is 3.46. The Bertz CT molecular complexity index is 1220. The van der Waals surface area contributed by atoms with E-state index in [-0.39, 0.29) is 0 Å². The highest BCUT2D eigenvalue weighted by molar-refractivity contribution is 5.93. The average molecular weight is 427 g/mol. The maximum Gasteiger partial charge on any atom is 0.229 e. The lowest BCUT2D eigenvalue weighted by atomic mass is 10.1. The van der Waals surface area contributed by atoms with Gasteiger partial charge in [-0.2, -0.15) is 15.2 Å². The summed E-state index contributed by atoms with van der Waals surface area (Å²) in [5.74, 6) is 1.23. The molecule has 0 aliphatic carbocycles. The third kappa shape index (κ3) is 4.66. The Hall–Kier alpha value is -3.62. The van der Waals surface area contributed by atoms with Gasteiger partial charge in [0.25, 0.3) is 0 Å². The summed E-state index contributed by atoms with van der Waals surface area (Å²) in [4.78, 5) is 11.5. The van der Waals surface area contributed by atoms with Crippen LogP contribution in [0.3, 0.4) is 0 Å². The van der Waals surface area contributed by atoms with E-state index in [1.54, 1.807) is 12.4 Å². The number of aryl methyl sites for hydroxylation is 1. The fourth-order valence-corrected chi connectivity index (χ4v) is 3.95. The van der Waals surface area contributed by atoms with Crippen molar-refractivity contribution in [2.45, 2.75) is 13.5 Å². The fraction of sp³-hybridized carbons (Fsp3) is 0.250. The van der Waals surface area contributed by atoms with Gasteiger partial charge in [-0.15, -0.1) is 0 Å². The molecule has 0 saturated carbocycles. The third-order valence-electron chi connectivity index (χ3n) is 5.59.